The summed E-state index contributed by atoms with van der Waals surface area (Å²) in [5.74, 6) is -0.409. The fourth-order valence-electron chi connectivity index (χ4n) is 3.78. The molecular weight excluding hydrogens is 406 g/mol. The van der Waals surface area contributed by atoms with Gasteiger partial charge in [0.05, 0.1) is 6.33 Å². The van der Waals surface area contributed by atoms with Crippen LogP contribution in [0.1, 0.15) is 58.4 Å². The Balaban J connectivity index is 1.94. The van der Waals surface area contributed by atoms with Crippen molar-refractivity contribution in [1.29, 1.82) is 0 Å². The number of rotatable bonds is 11. The van der Waals surface area contributed by atoms with Gasteiger partial charge in [0.1, 0.15) is 6.54 Å². The van der Waals surface area contributed by atoms with E-state index >= 15 is 0 Å². The van der Waals surface area contributed by atoms with Gasteiger partial charge in [0.2, 0.25) is 5.91 Å². The molecule has 2 aromatic heterocycles. The molecule has 0 aliphatic heterocycles. The third-order valence-corrected chi connectivity index (χ3v) is 5.55. The van der Waals surface area contributed by atoms with Gasteiger partial charge in [-0.15, -0.1) is 0 Å². The average molecular weight is 440 g/mol. The number of hydrogen-bond donors (Lipinski definition) is 1. The van der Waals surface area contributed by atoms with Gasteiger partial charge in [-0.05, 0) is 37.0 Å². The first kappa shape index (κ1) is 23.5. The van der Waals surface area contributed by atoms with Crippen molar-refractivity contribution >= 4 is 22.8 Å². The molecule has 3 aromatic rings. The van der Waals surface area contributed by atoms with Crippen LogP contribution in [-0.2, 0) is 30.8 Å². The van der Waals surface area contributed by atoms with E-state index < -0.39 is 17.2 Å². The summed E-state index contributed by atoms with van der Waals surface area (Å²) in [5.41, 5.74) is 1.65. The first-order valence-corrected chi connectivity index (χ1v) is 11.6. The Hall–Kier alpha value is -3.16. The summed E-state index contributed by atoms with van der Waals surface area (Å²) in [6, 6.07) is 7.63. The molecule has 0 aliphatic rings. The van der Waals surface area contributed by atoms with Crippen molar-refractivity contribution in [3.63, 3.8) is 0 Å². The third kappa shape index (κ3) is 5.18. The molecule has 8 nitrogen and oxygen atoms in total. The Bertz CT molecular complexity index is 1170. The number of amides is 1. The smallest absolute Gasteiger partial charge is 0.325 e. The van der Waals surface area contributed by atoms with Crippen LogP contribution in [0.15, 0.2) is 40.2 Å². The second-order valence-corrected chi connectivity index (χ2v) is 8.14. The van der Waals surface area contributed by atoms with Crippen molar-refractivity contribution < 1.29 is 4.79 Å². The van der Waals surface area contributed by atoms with Crippen LogP contribution in [0.25, 0.3) is 11.2 Å². The van der Waals surface area contributed by atoms with E-state index in [0.717, 1.165) is 43.1 Å². The lowest BCUT2D eigenvalue weighted by atomic mass is 10.1. The maximum Gasteiger partial charge on any atom is 0.333 e. The number of nitrogens with one attached hydrogen (secondary N) is 1. The second kappa shape index (κ2) is 10.9. The molecule has 0 atom stereocenters. The molecular formula is C24H33N5O3. The van der Waals surface area contributed by atoms with Crippen LogP contribution >= 0.6 is 0 Å². The molecule has 0 saturated carbocycles. The Labute approximate surface area is 187 Å². The highest BCUT2D eigenvalue weighted by atomic mass is 16.2. The molecule has 172 valence electrons. The summed E-state index contributed by atoms with van der Waals surface area (Å²) in [6.07, 6.45) is 7.20. The molecule has 0 bridgehead atoms. The highest BCUT2D eigenvalue weighted by Crippen LogP contribution is 2.12. The number of aromatic nitrogens is 4. The maximum absolute atomic E-state index is 13.2. The molecule has 1 amide bonds. The highest BCUT2D eigenvalue weighted by molar-refractivity contribution is 5.90. The molecule has 8 heteroatoms. The van der Waals surface area contributed by atoms with E-state index in [2.05, 4.69) is 24.1 Å². The van der Waals surface area contributed by atoms with E-state index in [9.17, 15) is 14.4 Å². The number of unbranched alkanes of at least 4 members (excludes halogenated alkanes) is 2. The largest absolute Gasteiger partial charge is 0.333 e. The van der Waals surface area contributed by atoms with Crippen LogP contribution in [0.4, 0.5) is 5.69 Å². The fourth-order valence-corrected chi connectivity index (χ4v) is 3.78. The van der Waals surface area contributed by atoms with Gasteiger partial charge in [0.25, 0.3) is 5.56 Å². The zero-order valence-corrected chi connectivity index (χ0v) is 19.3. The minimum atomic E-state index is -0.495. The van der Waals surface area contributed by atoms with Crippen LogP contribution in [0, 0.1) is 0 Å². The number of fused-ring (bicyclic) bond motifs is 1. The number of carbonyl (C=O) groups is 1. The fraction of sp³-hybridized carbons (Fsp3) is 0.500. The lowest BCUT2D eigenvalue weighted by molar-refractivity contribution is -0.116. The molecule has 2 heterocycles. The molecule has 0 radical (unpaired) electrons. The lowest BCUT2D eigenvalue weighted by Gasteiger charge is -2.13. The third-order valence-electron chi connectivity index (χ3n) is 5.55. The van der Waals surface area contributed by atoms with Crippen molar-refractivity contribution in [2.75, 3.05) is 5.32 Å². The van der Waals surface area contributed by atoms with Crippen LogP contribution in [-0.4, -0.2) is 24.6 Å². The molecule has 0 fully saturated rings. The normalized spacial score (nSPS) is 11.2. The van der Waals surface area contributed by atoms with Gasteiger partial charge in [-0.25, -0.2) is 14.3 Å². The molecule has 0 spiro atoms. The van der Waals surface area contributed by atoms with Gasteiger partial charge >= 0.3 is 5.69 Å². The SMILES string of the molecule is CCCCn1cnc2c1c(=O)n(CC(=O)Nc1ccc(CCC)cc1)c(=O)n2CCCC. The van der Waals surface area contributed by atoms with Gasteiger partial charge in [-0.3, -0.25) is 14.2 Å². The van der Waals surface area contributed by atoms with Gasteiger partial charge in [0.15, 0.2) is 11.2 Å². The number of imidazole rings is 1. The number of carbonyl (C=O) groups excluding carboxylic acids is 1. The molecule has 32 heavy (non-hydrogen) atoms. The summed E-state index contributed by atoms with van der Waals surface area (Å²) in [6.45, 7) is 6.99. The standard InChI is InChI=1S/C24H33N5O3/c1-4-7-14-27-17-25-22-21(27)23(31)29(24(32)28(22)15-8-5-2)16-20(30)26-19-12-10-18(9-6-3)11-13-19/h10-13,17H,4-9,14-16H2,1-3H3,(H,26,30). The predicted molar refractivity (Wildman–Crippen MR) is 127 cm³/mol. The number of aryl methyl sites for hydroxylation is 3. The maximum atomic E-state index is 13.2. The summed E-state index contributed by atoms with van der Waals surface area (Å²) in [5, 5.41) is 2.80. The lowest BCUT2D eigenvalue weighted by Crippen LogP contribution is -2.43. The summed E-state index contributed by atoms with van der Waals surface area (Å²) in [7, 11) is 0. The average Bonchev–Trinajstić information content (AvgIpc) is 3.20. The van der Waals surface area contributed by atoms with E-state index in [1.54, 1.807) is 10.9 Å². The molecule has 0 saturated heterocycles. The van der Waals surface area contributed by atoms with Gasteiger partial charge in [-0.1, -0.05) is 52.2 Å². The topological polar surface area (TPSA) is 90.9 Å². The molecule has 1 N–H and O–H groups in total. The quantitative estimate of drug-likeness (QED) is 0.495. The van der Waals surface area contributed by atoms with Crippen LogP contribution in [0.5, 0.6) is 0 Å². The Kier molecular flexibility index (Phi) is 8.03. The van der Waals surface area contributed by atoms with Crippen LogP contribution < -0.4 is 16.6 Å². The van der Waals surface area contributed by atoms with Crippen molar-refractivity contribution in [3.05, 3.63) is 57.0 Å². The first-order chi connectivity index (χ1) is 15.5. The van der Waals surface area contributed by atoms with Gasteiger partial charge in [0, 0.05) is 18.8 Å². The predicted octanol–water partition coefficient (Wildman–Crippen LogP) is 3.55. The second-order valence-electron chi connectivity index (χ2n) is 8.14. The number of benzene rings is 1. The zero-order valence-electron chi connectivity index (χ0n) is 19.3. The van der Waals surface area contributed by atoms with Gasteiger partial charge in [-0.2, -0.15) is 0 Å². The van der Waals surface area contributed by atoms with Crippen LogP contribution in [0.2, 0.25) is 0 Å². The number of nitrogens with zero attached hydrogens (tertiary/aromatic N) is 4. The summed E-state index contributed by atoms with van der Waals surface area (Å²) in [4.78, 5) is 43.4. The molecule has 0 aliphatic carbocycles. The minimum absolute atomic E-state index is 0.338. The summed E-state index contributed by atoms with van der Waals surface area (Å²) < 4.78 is 4.35. The Morgan fingerprint density at radius 1 is 0.938 bits per heavy atom. The zero-order chi connectivity index (χ0) is 23.1. The summed E-state index contributed by atoms with van der Waals surface area (Å²) >= 11 is 0. The van der Waals surface area contributed by atoms with E-state index in [1.807, 2.05) is 31.2 Å². The molecule has 1 aromatic carbocycles. The van der Waals surface area contributed by atoms with Crippen molar-refractivity contribution in [3.8, 4) is 0 Å². The Morgan fingerprint density at radius 3 is 2.28 bits per heavy atom. The van der Waals surface area contributed by atoms with Crippen molar-refractivity contribution in [1.82, 2.24) is 18.7 Å². The van der Waals surface area contributed by atoms with Crippen molar-refractivity contribution in [2.24, 2.45) is 0 Å². The minimum Gasteiger partial charge on any atom is -0.325 e. The monoisotopic (exact) mass is 439 g/mol. The number of anilines is 1. The van der Waals surface area contributed by atoms with Gasteiger partial charge < -0.3 is 9.88 Å². The van der Waals surface area contributed by atoms with E-state index in [4.69, 9.17) is 0 Å². The molecule has 0 unspecified atom stereocenters. The van der Waals surface area contributed by atoms with E-state index in [-0.39, 0.29) is 6.54 Å². The van der Waals surface area contributed by atoms with E-state index in [0.29, 0.717) is 29.9 Å². The van der Waals surface area contributed by atoms with Crippen molar-refractivity contribution in [2.45, 2.75) is 78.9 Å². The van der Waals surface area contributed by atoms with E-state index in [1.165, 1.54) is 10.1 Å². The molecule has 3 rings (SSSR count). The first-order valence-electron chi connectivity index (χ1n) is 11.6. The number of hydrogen-bond acceptors (Lipinski definition) is 4. The highest BCUT2D eigenvalue weighted by Gasteiger charge is 2.19. The van der Waals surface area contributed by atoms with Crippen LogP contribution in [0.3, 0.4) is 0 Å². The Morgan fingerprint density at radius 2 is 1.62 bits per heavy atom.